The molecule has 0 aromatic heterocycles. The van der Waals surface area contributed by atoms with Gasteiger partial charge in [0.05, 0.1) is 24.4 Å². The molecular weight excluding hydrogens is 1040 g/mol. The molecule has 0 radical (unpaired) electrons. The fraction of sp³-hybridized carbons (Fsp3) is 0.536. The zero-order valence-corrected chi connectivity index (χ0v) is 48.0. The molecule has 3 aliphatic heterocycles. The Bertz CT molecular complexity index is 1940. The summed E-state index contributed by atoms with van der Waals surface area (Å²) in [6.07, 6.45) is 9.91. The molecule has 13 heteroatoms. The van der Waals surface area contributed by atoms with Crippen molar-refractivity contribution in [2.45, 2.75) is 160 Å². The van der Waals surface area contributed by atoms with E-state index >= 15 is 0 Å². The number of nitrogens with zero attached hydrogens (tertiary/aromatic N) is 2. The molecule has 4 aromatic carbocycles. The van der Waals surface area contributed by atoms with Crippen LogP contribution in [0.4, 0.5) is 0 Å². The fourth-order valence-electron chi connectivity index (χ4n) is 7.81. The Morgan fingerprint density at radius 1 is 0.594 bits per heavy atom. The first kappa shape index (κ1) is 69.7. The van der Waals surface area contributed by atoms with Crippen molar-refractivity contribution in [3.8, 4) is 11.1 Å². The summed E-state index contributed by atoms with van der Waals surface area (Å²) >= 11 is 2.28. The first-order chi connectivity index (χ1) is 30.8. The van der Waals surface area contributed by atoms with E-state index in [1.807, 2.05) is 13.8 Å². The first-order valence-electron chi connectivity index (χ1n) is 24.0. The number of carbonyl (C=O) groups is 2. The van der Waals surface area contributed by atoms with Gasteiger partial charge in [0.15, 0.2) is 0 Å². The van der Waals surface area contributed by atoms with Gasteiger partial charge in [0.1, 0.15) is 0 Å². The van der Waals surface area contributed by atoms with Gasteiger partial charge in [0.2, 0.25) is 0 Å². The van der Waals surface area contributed by atoms with Crippen LogP contribution in [0, 0.1) is 3.57 Å². The molecule has 3 fully saturated rings. The fourth-order valence-corrected chi connectivity index (χ4v) is 8.17. The van der Waals surface area contributed by atoms with Gasteiger partial charge in [0, 0.05) is 30.9 Å². The molecule has 3 aliphatic rings. The van der Waals surface area contributed by atoms with Gasteiger partial charge in [-0.25, -0.2) is 0 Å². The van der Waals surface area contributed by atoms with Gasteiger partial charge < -0.3 is 20.2 Å². The molecule has 7 rings (SSSR count). The van der Waals surface area contributed by atoms with E-state index in [1.165, 1.54) is 96.2 Å². The van der Waals surface area contributed by atoms with Crippen LogP contribution in [0.3, 0.4) is 0 Å². The Balaban J connectivity index is -0.000000457. The third-order valence-electron chi connectivity index (χ3n) is 12.2. The zero-order chi connectivity index (χ0) is 46.4. The Hall–Kier alpha value is -1.33. The topological polar surface area (TPSA) is 77.5 Å². The van der Waals surface area contributed by atoms with E-state index in [4.69, 9.17) is 20.2 Å². The van der Waals surface area contributed by atoms with Crippen LogP contribution in [0.25, 0.3) is 11.1 Å². The minimum absolute atomic E-state index is 0. The summed E-state index contributed by atoms with van der Waals surface area (Å²) < 4.78 is 29.0. The molecule has 0 saturated carbocycles. The van der Waals surface area contributed by atoms with Crippen molar-refractivity contribution in [3.63, 3.8) is 0 Å². The van der Waals surface area contributed by atoms with Crippen LogP contribution < -0.4 is 56.8 Å². The minimum atomic E-state index is -0.272. The van der Waals surface area contributed by atoms with Crippen LogP contribution in [0.15, 0.2) is 97.1 Å². The molecule has 8 nitrogen and oxygen atoms in total. The minimum Gasteiger partial charge on any atom is -1.00 e. The SMILES string of the molecule is C.C.C.CC1(C)OB(c2ccc(CN3CCCC3)cc2)OC1(C)C.CCOC(=O)CCCc1ccc(-c2ccc(CN3CCCC3)cc2)cc1.CCOC(=O)CCCc1ccc(I)cc1.Cl.Cl.[2H-].[2H]C.[K+]. The number of halogens is 3. The van der Waals surface area contributed by atoms with Crippen LogP contribution in [0.2, 0.25) is 0 Å². The first-order valence-corrected chi connectivity index (χ1v) is 24.0. The number of carbonyl (C=O) groups excluding carboxylic acids is 2. The molecule has 4 aromatic rings. The average molecular weight is 1140 g/mol. The molecule has 0 aliphatic carbocycles. The summed E-state index contributed by atoms with van der Waals surface area (Å²) in [5.41, 5.74) is 8.38. The molecule has 3 saturated heterocycles. The Labute approximate surface area is 492 Å². The monoisotopic (exact) mass is 1130 g/mol. The molecule has 0 atom stereocenters. The summed E-state index contributed by atoms with van der Waals surface area (Å²) in [5.74, 6) is -0.193. The average Bonchev–Trinajstić information content (AvgIpc) is 4.05. The van der Waals surface area contributed by atoms with Gasteiger partial charge in [-0.1, -0.05) is 115 Å². The summed E-state index contributed by atoms with van der Waals surface area (Å²) in [6, 6.07) is 34.7. The van der Waals surface area contributed by atoms with E-state index in [0.29, 0.717) is 26.1 Å². The van der Waals surface area contributed by atoms with Crippen LogP contribution in [-0.2, 0) is 54.3 Å². The van der Waals surface area contributed by atoms with Crippen molar-refractivity contribution < 1.29 is 82.6 Å². The van der Waals surface area contributed by atoms with E-state index in [9.17, 15) is 9.59 Å². The molecule has 0 bridgehead atoms. The van der Waals surface area contributed by atoms with Crippen molar-refractivity contribution in [1.29, 1.82) is 0 Å². The number of rotatable bonds is 16. The maximum Gasteiger partial charge on any atom is 1.00 e. The van der Waals surface area contributed by atoms with E-state index in [0.717, 1.165) is 44.2 Å². The van der Waals surface area contributed by atoms with E-state index in [1.54, 1.807) is 0 Å². The molecule has 384 valence electrons. The van der Waals surface area contributed by atoms with Gasteiger partial charge in [-0.15, -0.1) is 24.8 Å². The van der Waals surface area contributed by atoms with Gasteiger partial charge in [-0.3, -0.25) is 19.4 Å². The van der Waals surface area contributed by atoms with Crippen LogP contribution >= 0.6 is 47.4 Å². The number of hydrogen-bond acceptors (Lipinski definition) is 8. The zero-order valence-electron chi connectivity index (χ0n) is 43.1. The predicted molar refractivity (Wildman–Crippen MR) is 304 cm³/mol. The van der Waals surface area contributed by atoms with E-state index in [2.05, 4.69) is 157 Å². The second-order valence-corrected chi connectivity index (χ2v) is 18.9. The van der Waals surface area contributed by atoms with Gasteiger partial charge >= 0.3 is 70.4 Å². The Morgan fingerprint density at radius 3 is 1.26 bits per heavy atom. The smallest absolute Gasteiger partial charge is 1.00 e. The number of hydrogen-bond donors (Lipinski definition) is 0. The number of likely N-dealkylation sites (tertiary alicyclic amines) is 2. The summed E-state index contributed by atoms with van der Waals surface area (Å²) in [5, 5.41) is 0. The third kappa shape index (κ3) is 25.0. The van der Waals surface area contributed by atoms with Gasteiger partial charge in [-0.05, 0) is 193 Å². The predicted octanol–water partition coefficient (Wildman–Crippen LogP) is 11.1. The van der Waals surface area contributed by atoms with Gasteiger partial charge in [-0.2, -0.15) is 0 Å². The van der Waals surface area contributed by atoms with Crippen molar-refractivity contribution in [2.24, 2.45) is 0 Å². The van der Waals surface area contributed by atoms with Crippen LogP contribution in [-0.4, -0.2) is 79.5 Å². The van der Waals surface area contributed by atoms with E-state index in [-0.39, 0.29) is 130 Å². The molecular formula is C56H89BCl2IKN2O6. The largest absolute Gasteiger partial charge is 1.00 e. The number of benzene rings is 4. The van der Waals surface area contributed by atoms with Crippen molar-refractivity contribution in [3.05, 3.63) is 123 Å². The standard InChI is InChI=1S/C23H29NO2.C17H26BNO2.C12H15IO2.4CH4.2ClH.K.H/c1-2-26-23(25)7-5-6-19-8-12-21(13-9-19)22-14-10-20(11-15-22)18-24-16-3-4-17-24;1-16(2)17(3,4)21-18(20-16)15-9-7-14(8-10-15)13-19-11-5-6-12-19;1-2-15-12(14)5-3-4-10-6-8-11(13)9-7-10;;;;;;;;/h8-15H,2-7,16-18H2,1H3;7-10H,5-6,11-13H2,1-4H3;6-9H,2-5H2,1H3;4*1H4;2*1H;;/q;;;;;;;;;+1;-1/i;;;1D;;;;;;;1+1. The van der Waals surface area contributed by atoms with Gasteiger partial charge in [0.25, 0.3) is 0 Å². The second kappa shape index (κ2) is 37.4. The van der Waals surface area contributed by atoms with E-state index < -0.39 is 0 Å². The normalized spacial score (nSPS) is 15.2. The molecule has 0 spiro atoms. The molecule has 0 N–H and O–H groups in total. The number of aryl methyl sites for hydroxylation is 2. The number of ether oxygens (including phenoxy) is 2. The van der Waals surface area contributed by atoms with Crippen LogP contribution in [0.1, 0.15) is 148 Å². The maximum atomic E-state index is 11.4. The van der Waals surface area contributed by atoms with Crippen molar-refractivity contribution in [2.75, 3.05) is 39.4 Å². The maximum absolute atomic E-state index is 11.4. The van der Waals surface area contributed by atoms with Crippen LogP contribution in [0.5, 0.6) is 0 Å². The molecule has 0 unspecified atom stereocenters. The Morgan fingerprint density at radius 2 is 0.913 bits per heavy atom. The van der Waals surface area contributed by atoms with Crippen molar-refractivity contribution in [1.82, 2.24) is 9.80 Å². The summed E-state index contributed by atoms with van der Waals surface area (Å²) in [4.78, 5) is 27.5. The Kier molecular flexibility index (Phi) is 37.8. The molecule has 69 heavy (non-hydrogen) atoms. The molecule has 3 heterocycles. The quantitative estimate of drug-likeness (QED) is 0.0624. The van der Waals surface area contributed by atoms with Crippen molar-refractivity contribution >= 4 is 71.9 Å². The third-order valence-corrected chi connectivity index (χ3v) is 12.9. The molecule has 0 amide bonds. The second-order valence-electron chi connectivity index (χ2n) is 17.6. The number of esters is 2. The summed E-state index contributed by atoms with van der Waals surface area (Å²) in [7, 11) is 0.996. The summed E-state index contributed by atoms with van der Waals surface area (Å²) in [6.45, 7) is 20.0.